The second-order valence-corrected chi connectivity index (χ2v) is 11.9. The molecule has 0 aromatic heterocycles. The molecule has 2 saturated heterocycles. The summed E-state index contributed by atoms with van der Waals surface area (Å²) in [7, 11) is 1.54. The first kappa shape index (κ1) is 32.5. The van der Waals surface area contributed by atoms with Gasteiger partial charge in [-0.25, -0.2) is 0 Å². The molecule has 2 aliphatic heterocycles. The van der Waals surface area contributed by atoms with Crippen LogP contribution in [0, 0.1) is 0 Å². The number of methoxy groups -OCH3 is 1. The van der Waals surface area contributed by atoms with Gasteiger partial charge in [0.25, 0.3) is 5.91 Å². The molecule has 2 fully saturated rings. The number of carbonyl (C=O) groups excluding carboxylic acids is 2. The molecule has 1 N–H and O–H groups in total. The number of anilines is 3. The van der Waals surface area contributed by atoms with Gasteiger partial charge in [-0.15, -0.1) is 0 Å². The van der Waals surface area contributed by atoms with E-state index in [1.165, 1.54) is 17.7 Å². The smallest absolute Gasteiger partial charge is 0.256 e. The molecule has 3 aromatic carbocycles. The highest BCUT2D eigenvalue weighted by molar-refractivity contribution is 7.80. The summed E-state index contributed by atoms with van der Waals surface area (Å²) in [6.45, 7) is 7.94. The van der Waals surface area contributed by atoms with E-state index in [1.807, 2.05) is 30.0 Å². The fraction of sp³-hybridized carbons (Fsp3) is 0.382. The molecule has 3 aromatic rings. The quantitative estimate of drug-likeness (QED) is 0.237. The van der Waals surface area contributed by atoms with E-state index in [0.717, 1.165) is 51.3 Å². The number of halogens is 1. The Morgan fingerprint density at radius 3 is 2.38 bits per heavy atom. The molecule has 1 atom stereocenters. The SMILES string of the molecule is CCCOc1ccc(NC(=O)C[C@H]2C(=O)N(c3ccc(OC)c(Cl)c3)C(=S)N2CCCN2CCN(c3ccccc3)CC2)cc1. The molecule has 11 heteroatoms. The van der Waals surface area contributed by atoms with Gasteiger partial charge < -0.3 is 24.6 Å². The minimum absolute atomic E-state index is 0.0385. The molecule has 2 amide bonds. The van der Waals surface area contributed by atoms with Crippen LogP contribution in [0.4, 0.5) is 17.1 Å². The zero-order valence-electron chi connectivity index (χ0n) is 25.8. The van der Waals surface area contributed by atoms with Gasteiger partial charge in [-0.3, -0.25) is 19.4 Å². The maximum Gasteiger partial charge on any atom is 0.256 e. The first-order valence-electron chi connectivity index (χ1n) is 15.4. The Bertz CT molecular complexity index is 1470. The molecular formula is C34H40ClN5O4S. The van der Waals surface area contributed by atoms with Crippen molar-refractivity contribution >= 4 is 57.8 Å². The van der Waals surface area contributed by atoms with Gasteiger partial charge in [0.05, 0.1) is 30.8 Å². The largest absolute Gasteiger partial charge is 0.495 e. The van der Waals surface area contributed by atoms with Crippen molar-refractivity contribution in [3.63, 3.8) is 0 Å². The summed E-state index contributed by atoms with van der Waals surface area (Å²) in [5, 5.41) is 3.67. The number of nitrogens with one attached hydrogen (secondary N) is 1. The monoisotopic (exact) mass is 649 g/mol. The Kier molecular flexibility index (Phi) is 11.2. The molecular weight excluding hydrogens is 610 g/mol. The molecule has 45 heavy (non-hydrogen) atoms. The average molecular weight is 650 g/mol. The van der Waals surface area contributed by atoms with Gasteiger partial charge in [0.2, 0.25) is 5.91 Å². The van der Waals surface area contributed by atoms with Crippen molar-refractivity contribution in [3.05, 3.63) is 77.8 Å². The normalized spacial score (nSPS) is 17.1. The van der Waals surface area contributed by atoms with Crippen LogP contribution in [-0.2, 0) is 9.59 Å². The fourth-order valence-corrected chi connectivity index (χ4v) is 6.36. The molecule has 2 heterocycles. The fourth-order valence-electron chi connectivity index (χ4n) is 5.69. The third kappa shape index (κ3) is 8.06. The van der Waals surface area contributed by atoms with Gasteiger partial charge in [-0.1, -0.05) is 36.7 Å². The lowest BCUT2D eigenvalue weighted by Gasteiger charge is -2.36. The Labute approximate surface area is 275 Å². The maximum absolute atomic E-state index is 13.9. The Morgan fingerprint density at radius 1 is 0.978 bits per heavy atom. The van der Waals surface area contributed by atoms with E-state index in [0.29, 0.717) is 40.4 Å². The molecule has 5 rings (SSSR count). The topological polar surface area (TPSA) is 77.6 Å². The van der Waals surface area contributed by atoms with E-state index >= 15 is 0 Å². The number of benzene rings is 3. The van der Waals surface area contributed by atoms with Crippen molar-refractivity contribution in [2.24, 2.45) is 0 Å². The number of nitrogens with zero attached hydrogens (tertiary/aromatic N) is 4. The second kappa shape index (κ2) is 15.4. The highest BCUT2D eigenvalue weighted by atomic mass is 35.5. The summed E-state index contributed by atoms with van der Waals surface area (Å²) >= 11 is 12.3. The molecule has 0 spiro atoms. The van der Waals surface area contributed by atoms with Crippen molar-refractivity contribution in [2.75, 3.05) is 68.1 Å². The van der Waals surface area contributed by atoms with Crippen LogP contribution in [0.25, 0.3) is 0 Å². The summed E-state index contributed by atoms with van der Waals surface area (Å²) in [6.07, 6.45) is 1.67. The summed E-state index contributed by atoms with van der Waals surface area (Å²) < 4.78 is 10.9. The minimum Gasteiger partial charge on any atom is -0.495 e. The number of piperazine rings is 1. The molecule has 0 radical (unpaired) electrons. The van der Waals surface area contributed by atoms with Crippen LogP contribution in [0.5, 0.6) is 11.5 Å². The van der Waals surface area contributed by atoms with Crippen molar-refractivity contribution in [3.8, 4) is 11.5 Å². The van der Waals surface area contributed by atoms with Crippen LogP contribution in [-0.4, -0.2) is 85.8 Å². The minimum atomic E-state index is -0.736. The number of hydrogen-bond acceptors (Lipinski definition) is 7. The summed E-state index contributed by atoms with van der Waals surface area (Å²) in [5.41, 5.74) is 2.43. The lowest BCUT2D eigenvalue weighted by molar-refractivity contribution is -0.124. The Morgan fingerprint density at radius 2 is 1.71 bits per heavy atom. The van der Waals surface area contributed by atoms with E-state index in [9.17, 15) is 9.59 Å². The van der Waals surface area contributed by atoms with E-state index in [2.05, 4.69) is 39.4 Å². The van der Waals surface area contributed by atoms with Gasteiger partial charge in [-0.2, -0.15) is 0 Å². The van der Waals surface area contributed by atoms with Gasteiger partial charge in [-0.05, 0) is 86.2 Å². The Hall–Kier alpha value is -3.86. The number of ether oxygens (including phenoxy) is 2. The van der Waals surface area contributed by atoms with Gasteiger partial charge in [0.1, 0.15) is 17.5 Å². The number of carbonyl (C=O) groups is 2. The highest BCUT2D eigenvalue weighted by Gasteiger charge is 2.44. The van der Waals surface area contributed by atoms with Crippen molar-refractivity contribution in [1.82, 2.24) is 9.80 Å². The van der Waals surface area contributed by atoms with E-state index in [1.54, 1.807) is 30.3 Å². The van der Waals surface area contributed by atoms with E-state index < -0.39 is 6.04 Å². The summed E-state index contributed by atoms with van der Waals surface area (Å²) in [6, 6.07) is 22.1. The molecule has 2 aliphatic rings. The zero-order chi connectivity index (χ0) is 31.8. The van der Waals surface area contributed by atoms with Crippen LogP contribution >= 0.6 is 23.8 Å². The third-order valence-corrected chi connectivity index (χ3v) is 8.78. The number of amides is 2. The van der Waals surface area contributed by atoms with Gasteiger partial charge >= 0.3 is 0 Å². The highest BCUT2D eigenvalue weighted by Crippen LogP contribution is 2.33. The second-order valence-electron chi connectivity index (χ2n) is 11.1. The first-order chi connectivity index (χ1) is 21.9. The first-order valence-corrected chi connectivity index (χ1v) is 16.2. The van der Waals surface area contributed by atoms with Crippen molar-refractivity contribution in [1.29, 1.82) is 0 Å². The van der Waals surface area contributed by atoms with E-state index in [-0.39, 0.29) is 18.2 Å². The van der Waals surface area contributed by atoms with Crippen molar-refractivity contribution < 1.29 is 19.1 Å². The number of para-hydroxylation sites is 1. The van der Waals surface area contributed by atoms with E-state index in [4.69, 9.17) is 33.3 Å². The molecule has 0 bridgehead atoms. The predicted octanol–water partition coefficient (Wildman–Crippen LogP) is 5.68. The van der Waals surface area contributed by atoms with Crippen molar-refractivity contribution in [2.45, 2.75) is 32.2 Å². The van der Waals surface area contributed by atoms with Crippen LogP contribution in [0.3, 0.4) is 0 Å². The molecule has 0 saturated carbocycles. The summed E-state index contributed by atoms with van der Waals surface area (Å²) in [4.78, 5) is 35.3. The lowest BCUT2D eigenvalue weighted by Crippen LogP contribution is -2.47. The number of rotatable bonds is 13. The van der Waals surface area contributed by atoms with Crippen LogP contribution in [0.1, 0.15) is 26.2 Å². The van der Waals surface area contributed by atoms with Crippen LogP contribution < -0.4 is 24.6 Å². The van der Waals surface area contributed by atoms with Crippen LogP contribution in [0.15, 0.2) is 72.8 Å². The Balaban J connectivity index is 1.24. The molecule has 0 aliphatic carbocycles. The average Bonchev–Trinajstić information content (AvgIpc) is 3.28. The molecule has 9 nitrogen and oxygen atoms in total. The van der Waals surface area contributed by atoms with Crippen LogP contribution in [0.2, 0.25) is 5.02 Å². The lowest BCUT2D eigenvalue weighted by atomic mass is 10.1. The van der Waals surface area contributed by atoms with Gasteiger partial charge in [0, 0.05) is 44.1 Å². The number of thiocarbonyl (C=S) groups is 1. The molecule has 238 valence electrons. The zero-order valence-corrected chi connectivity index (χ0v) is 27.4. The third-order valence-electron chi connectivity index (χ3n) is 8.07. The predicted molar refractivity (Wildman–Crippen MR) is 184 cm³/mol. The number of hydrogen-bond donors (Lipinski definition) is 1. The standard InChI is InChI=1S/C34H40ClN5O4S/c1-3-22-44-28-13-10-25(11-14-28)36-32(41)24-30-33(42)40(27-12-15-31(43-2)29(35)23-27)34(45)39(30)17-7-16-37-18-20-38(21-19-37)26-8-5-4-6-9-26/h4-6,8-15,23,30H,3,7,16-22,24H2,1-2H3,(H,36,41)/t30-/m0/s1. The summed E-state index contributed by atoms with van der Waals surface area (Å²) in [5.74, 6) is 0.725. The maximum atomic E-state index is 13.9. The molecule has 0 unspecified atom stereocenters. The van der Waals surface area contributed by atoms with Gasteiger partial charge in [0.15, 0.2) is 5.11 Å².